The van der Waals surface area contributed by atoms with Gasteiger partial charge in [-0.25, -0.2) is 0 Å². The van der Waals surface area contributed by atoms with E-state index in [2.05, 4.69) is 0 Å². The molecule has 0 bridgehead atoms. The predicted octanol–water partition coefficient (Wildman–Crippen LogP) is 4.47. The molecular weight excluding hydrogens is 346 g/mol. The van der Waals surface area contributed by atoms with E-state index in [1.54, 1.807) is 18.2 Å². The van der Waals surface area contributed by atoms with E-state index < -0.39 is 10.9 Å². The lowest BCUT2D eigenvalue weighted by Crippen LogP contribution is -2.03. The molecule has 0 aromatic heterocycles. The van der Waals surface area contributed by atoms with Crippen LogP contribution in [0.15, 0.2) is 72.8 Å². The molecule has 27 heavy (non-hydrogen) atoms. The number of aliphatic carboxylic acids is 1. The molecule has 0 amide bonds. The highest BCUT2D eigenvalue weighted by molar-refractivity contribution is 5.74. The number of nitro benzene ring substituents is 1. The van der Waals surface area contributed by atoms with Crippen LogP contribution in [0.1, 0.15) is 11.1 Å². The highest BCUT2D eigenvalue weighted by Crippen LogP contribution is 2.29. The minimum Gasteiger partial charge on any atom is -0.489 e. The average Bonchev–Trinajstić information content (AvgIpc) is 2.67. The quantitative estimate of drug-likeness (QED) is 0.494. The molecule has 0 aliphatic rings. The molecule has 136 valence electrons. The van der Waals surface area contributed by atoms with Crippen molar-refractivity contribution in [3.63, 3.8) is 0 Å². The molecule has 0 atom stereocenters. The second-order valence-electron chi connectivity index (χ2n) is 5.97. The summed E-state index contributed by atoms with van der Waals surface area (Å²) in [5, 5.41) is 20.1. The molecule has 0 spiro atoms. The second kappa shape index (κ2) is 8.14. The molecular formula is C21H17NO5. The van der Waals surface area contributed by atoms with Gasteiger partial charge in [-0.2, -0.15) is 0 Å². The first-order valence-electron chi connectivity index (χ1n) is 8.29. The van der Waals surface area contributed by atoms with Crippen molar-refractivity contribution in [1.29, 1.82) is 0 Å². The van der Waals surface area contributed by atoms with Gasteiger partial charge >= 0.3 is 5.97 Å². The molecule has 0 aliphatic carbocycles. The minimum absolute atomic E-state index is 0.180. The molecule has 0 aliphatic heterocycles. The smallest absolute Gasteiger partial charge is 0.308 e. The van der Waals surface area contributed by atoms with Gasteiger partial charge in [-0.3, -0.25) is 14.9 Å². The third-order valence-electron chi connectivity index (χ3n) is 4.06. The standard InChI is InChI=1S/C21H17NO5/c23-21(24)13-18-7-6-17(12-20(18)22(25)26)16-8-10-19(11-9-16)27-14-15-4-2-1-3-5-15/h1-12H,13-14H2,(H,23,24). The predicted molar refractivity (Wildman–Crippen MR) is 101 cm³/mol. The molecule has 0 heterocycles. The fourth-order valence-corrected chi connectivity index (χ4v) is 2.71. The van der Waals surface area contributed by atoms with Gasteiger partial charge in [0.15, 0.2) is 0 Å². The van der Waals surface area contributed by atoms with Crippen LogP contribution in [0.5, 0.6) is 5.75 Å². The third-order valence-corrected chi connectivity index (χ3v) is 4.06. The Morgan fingerprint density at radius 2 is 1.63 bits per heavy atom. The first-order chi connectivity index (χ1) is 13.0. The number of nitrogens with zero attached hydrogens (tertiary/aromatic N) is 1. The summed E-state index contributed by atoms with van der Waals surface area (Å²) in [6, 6.07) is 21.6. The molecule has 6 heteroatoms. The highest BCUT2D eigenvalue weighted by Gasteiger charge is 2.17. The molecule has 3 aromatic rings. The molecule has 6 nitrogen and oxygen atoms in total. The number of nitro groups is 1. The van der Waals surface area contributed by atoms with Crippen LogP contribution in [0.2, 0.25) is 0 Å². The highest BCUT2D eigenvalue weighted by atomic mass is 16.6. The van der Waals surface area contributed by atoms with Gasteiger partial charge in [-0.15, -0.1) is 0 Å². The van der Waals surface area contributed by atoms with Crippen LogP contribution < -0.4 is 4.74 Å². The number of hydrogen-bond acceptors (Lipinski definition) is 4. The van der Waals surface area contributed by atoms with Crippen LogP contribution in [-0.4, -0.2) is 16.0 Å². The SMILES string of the molecule is O=C(O)Cc1ccc(-c2ccc(OCc3ccccc3)cc2)cc1[N+](=O)[O-]. The Morgan fingerprint density at radius 3 is 2.26 bits per heavy atom. The zero-order valence-electron chi connectivity index (χ0n) is 14.4. The lowest BCUT2D eigenvalue weighted by atomic mass is 10.0. The zero-order chi connectivity index (χ0) is 19.2. The Labute approximate surface area is 155 Å². The Morgan fingerprint density at radius 1 is 0.963 bits per heavy atom. The van der Waals surface area contributed by atoms with Crippen molar-refractivity contribution in [3.8, 4) is 16.9 Å². The van der Waals surface area contributed by atoms with Crippen LogP contribution in [0.25, 0.3) is 11.1 Å². The summed E-state index contributed by atoms with van der Waals surface area (Å²) in [4.78, 5) is 21.6. The minimum atomic E-state index is -1.11. The average molecular weight is 363 g/mol. The first-order valence-corrected chi connectivity index (χ1v) is 8.29. The number of carboxylic acids is 1. The molecule has 1 N–H and O–H groups in total. The molecule has 0 radical (unpaired) electrons. The summed E-state index contributed by atoms with van der Waals surface area (Å²) < 4.78 is 5.73. The zero-order valence-corrected chi connectivity index (χ0v) is 14.4. The monoisotopic (exact) mass is 363 g/mol. The van der Waals surface area contributed by atoms with Crippen molar-refractivity contribution in [2.75, 3.05) is 0 Å². The van der Waals surface area contributed by atoms with Crippen molar-refractivity contribution in [3.05, 3.63) is 94.0 Å². The van der Waals surface area contributed by atoms with Crippen LogP contribution >= 0.6 is 0 Å². The van der Waals surface area contributed by atoms with Crippen molar-refractivity contribution < 1.29 is 19.6 Å². The van der Waals surface area contributed by atoms with Crippen molar-refractivity contribution in [1.82, 2.24) is 0 Å². The molecule has 0 unspecified atom stereocenters. The van der Waals surface area contributed by atoms with Gasteiger partial charge in [0.05, 0.1) is 11.3 Å². The summed E-state index contributed by atoms with van der Waals surface area (Å²) in [6.45, 7) is 0.454. The van der Waals surface area contributed by atoms with Gasteiger partial charge in [0.1, 0.15) is 12.4 Å². The molecule has 3 aromatic carbocycles. The Bertz CT molecular complexity index is 952. The van der Waals surface area contributed by atoms with Crippen molar-refractivity contribution in [2.45, 2.75) is 13.0 Å². The third kappa shape index (κ3) is 4.70. The van der Waals surface area contributed by atoms with Crippen LogP contribution in [-0.2, 0) is 17.8 Å². The number of ether oxygens (including phenoxy) is 1. The van der Waals surface area contributed by atoms with Gasteiger partial charge < -0.3 is 9.84 Å². The lowest BCUT2D eigenvalue weighted by Gasteiger charge is -2.08. The fourth-order valence-electron chi connectivity index (χ4n) is 2.71. The number of hydrogen-bond donors (Lipinski definition) is 1. The van der Waals surface area contributed by atoms with E-state index in [1.807, 2.05) is 42.5 Å². The summed E-state index contributed by atoms with van der Waals surface area (Å²) in [5.41, 5.74) is 2.47. The van der Waals surface area contributed by atoms with Gasteiger partial charge in [-0.05, 0) is 28.8 Å². The van der Waals surface area contributed by atoms with Crippen LogP contribution in [0.3, 0.4) is 0 Å². The van der Waals surface area contributed by atoms with Gasteiger partial charge in [-0.1, -0.05) is 54.6 Å². The van der Waals surface area contributed by atoms with E-state index >= 15 is 0 Å². The lowest BCUT2D eigenvalue weighted by molar-refractivity contribution is -0.385. The van der Waals surface area contributed by atoms with Gasteiger partial charge in [0, 0.05) is 11.6 Å². The van der Waals surface area contributed by atoms with E-state index in [4.69, 9.17) is 9.84 Å². The van der Waals surface area contributed by atoms with E-state index in [-0.39, 0.29) is 17.7 Å². The van der Waals surface area contributed by atoms with E-state index in [9.17, 15) is 14.9 Å². The maximum absolute atomic E-state index is 11.3. The number of benzene rings is 3. The Hall–Kier alpha value is -3.67. The fraction of sp³-hybridized carbons (Fsp3) is 0.0952. The number of rotatable bonds is 7. The van der Waals surface area contributed by atoms with Gasteiger partial charge in [0.25, 0.3) is 5.69 Å². The maximum Gasteiger partial charge on any atom is 0.308 e. The maximum atomic E-state index is 11.3. The first kappa shape index (κ1) is 18.1. The van der Waals surface area contributed by atoms with E-state index in [1.165, 1.54) is 12.1 Å². The molecule has 0 saturated carbocycles. The number of carbonyl (C=O) groups is 1. The van der Waals surface area contributed by atoms with Gasteiger partial charge in [0.2, 0.25) is 0 Å². The largest absolute Gasteiger partial charge is 0.489 e. The molecule has 0 fully saturated rings. The van der Waals surface area contributed by atoms with Crippen LogP contribution in [0, 0.1) is 10.1 Å². The van der Waals surface area contributed by atoms with Crippen LogP contribution in [0.4, 0.5) is 5.69 Å². The molecule has 0 saturated heterocycles. The summed E-state index contributed by atoms with van der Waals surface area (Å²) >= 11 is 0. The number of carboxylic acid groups (broad SMARTS) is 1. The topological polar surface area (TPSA) is 89.7 Å². The summed E-state index contributed by atoms with van der Waals surface area (Å²) in [6.07, 6.45) is -0.386. The Balaban J connectivity index is 1.77. The van der Waals surface area contributed by atoms with Crippen molar-refractivity contribution in [2.24, 2.45) is 0 Å². The Kier molecular flexibility index (Phi) is 5.47. The van der Waals surface area contributed by atoms with E-state index in [0.29, 0.717) is 17.9 Å². The normalized spacial score (nSPS) is 10.4. The van der Waals surface area contributed by atoms with E-state index in [0.717, 1.165) is 11.1 Å². The second-order valence-corrected chi connectivity index (χ2v) is 5.97. The van der Waals surface area contributed by atoms with Crippen molar-refractivity contribution >= 4 is 11.7 Å². The molecule has 3 rings (SSSR count). The summed E-state index contributed by atoms with van der Waals surface area (Å²) in [7, 11) is 0. The summed E-state index contributed by atoms with van der Waals surface area (Å²) in [5.74, 6) is -0.412.